The first-order chi connectivity index (χ1) is 13.0. The van der Waals surface area contributed by atoms with Crippen LogP contribution in [0.4, 0.5) is 0 Å². The van der Waals surface area contributed by atoms with Crippen LogP contribution < -0.4 is 10.6 Å². The second kappa shape index (κ2) is 8.67. The predicted molar refractivity (Wildman–Crippen MR) is 104 cm³/mol. The summed E-state index contributed by atoms with van der Waals surface area (Å²) in [4.78, 5) is 24.2. The third kappa shape index (κ3) is 4.75. The van der Waals surface area contributed by atoms with Crippen molar-refractivity contribution in [3.63, 3.8) is 0 Å². The SMILES string of the molecule is O=C(NC[C@H](c1ccccc1)S(=O)(=O)c1cccs1)C(=O)NC1CCCC1. The van der Waals surface area contributed by atoms with E-state index in [2.05, 4.69) is 10.6 Å². The molecule has 27 heavy (non-hydrogen) atoms. The minimum absolute atomic E-state index is 0.0306. The van der Waals surface area contributed by atoms with Crippen LogP contribution in [0.5, 0.6) is 0 Å². The van der Waals surface area contributed by atoms with E-state index in [0.29, 0.717) is 5.56 Å². The zero-order valence-electron chi connectivity index (χ0n) is 14.8. The van der Waals surface area contributed by atoms with Gasteiger partial charge in [-0.15, -0.1) is 11.3 Å². The summed E-state index contributed by atoms with van der Waals surface area (Å²) in [6.07, 6.45) is 3.83. The van der Waals surface area contributed by atoms with E-state index < -0.39 is 26.9 Å². The summed E-state index contributed by atoms with van der Waals surface area (Å²) in [6, 6.07) is 12.0. The first-order valence-electron chi connectivity index (χ1n) is 8.89. The van der Waals surface area contributed by atoms with Crippen LogP contribution in [0.25, 0.3) is 0 Å². The van der Waals surface area contributed by atoms with Gasteiger partial charge >= 0.3 is 11.8 Å². The monoisotopic (exact) mass is 406 g/mol. The lowest BCUT2D eigenvalue weighted by Crippen LogP contribution is -2.45. The van der Waals surface area contributed by atoms with Crippen LogP contribution in [0.1, 0.15) is 36.5 Å². The number of benzene rings is 1. The van der Waals surface area contributed by atoms with Gasteiger partial charge in [0.05, 0.1) is 0 Å². The molecule has 3 rings (SSSR count). The molecule has 0 saturated heterocycles. The van der Waals surface area contributed by atoms with Gasteiger partial charge in [-0.3, -0.25) is 9.59 Å². The molecule has 0 bridgehead atoms. The molecule has 1 aromatic carbocycles. The zero-order valence-corrected chi connectivity index (χ0v) is 16.4. The normalized spacial score (nSPS) is 16.0. The van der Waals surface area contributed by atoms with E-state index in [1.165, 1.54) is 0 Å². The number of amides is 2. The van der Waals surface area contributed by atoms with Gasteiger partial charge in [-0.2, -0.15) is 0 Å². The lowest BCUT2D eigenvalue weighted by Gasteiger charge is -2.18. The summed E-state index contributed by atoms with van der Waals surface area (Å²) in [7, 11) is -3.68. The Balaban J connectivity index is 1.72. The first kappa shape index (κ1) is 19.6. The van der Waals surface area contributed by atoms with Gasteiger partial charge in [-0.1, -0.05) is 49.2 Å². The molecule has 8 heteroatoms. The standard InChI is InChI=1S/C19H22N2O4S2/c22-18(19(23)21-15-9-4-5-10-15)20-13-16(14-7-2-1-3-8-14)27(24,25)17-11-6-12-26-17/h1-3,6-8,11-12,15-16H,4-5,9-10,13H2,(H,20,22)(H,21,23)/t16-/m1/s1. The number of hydrogen-bond donors (Lipinski definition) is 2. The van der Waals surface area contributed by atoms with E-state index in [4.69, 9.17) is 0 Å². The van der Waals surface area contributed by atoms with Gasteiger partial charge in [0, 0.05) is 12.6 Å². The van der Waals surface area contributed by atoms with Gasteiger partial charge in [-0.05, 0) is 29.9 Å². The Labute approximate surface area is 162 Å². The molecular weight excluding hydrogens is 384 g/mol. The highest BCUT2D eigenvalue weighted by atomic mass is 32.2. The summed E-state index contributed by atoms with van der Waals surface area (Å²) in [5.74, 6) is -1.51. The third-order valence-electron chi connectivity index (χ3n) is 4.67. The van der Waals surface area contributed by atoms with E-state index >= 15 is 0 Å². The molecule has 1 atom stereocenters. The summed E-state index contributed by atoms with van der Waals surface area (Å²) in [5, 5.41) is 5.95. The number of carbonyl (C=O) groups excluding carboxylic acids is 2. The molecule has 1 aromatic heterocycles. The second-order valence-corrected chi connectivity index (χ2v) is 9.85. The summed E-state index contributed by atoms with van der Waals surface area (Å²) in [5.41, 5.74) is 0.572. The van der Waals surface area contributed by atoms with Crippen LogP contribution in [0.2, 0.25) is 0 Å². The summed E-state index contributed by atoms with van der Waals surface area (Å²) >= 11 is 1.13. The topological polar surface area (TPSA) is 92.3 Å². The van der Waals surface area contributed by atoms with Crippen LogP contribution >= 0.6 is 11.3 Å². The van der Waals surface area contributed by atoms with E-state index in [9.17, 15) is 18.0 Å². The fourth-order valence-corrected chi connectivity index (χ4v) is 6.09. The lowest BCUT2D eigenvalue weighted by molar-refractivity contribution is -0.139. The minimum Gasteiger partial charge on any atom is -0.346 e. The quantitative estimate of drug-likeness (QED) is 0.721. The van der Waals surface area contributed by atoms with Gasteiger partial charge in [0.25, 0.3) is 0 Å². The van der Waals surface area contributed by atoms with Crippen LogP contribution in [-0.2, 0) is 19.4 Å². The predicted octanol–water partition coefficient (Wildman–Crippen LogP) is 2.44. The zero-order chi connectivity index (χ0) is 19.3. The first-order valence-corrected chi connectivity index (χ1v) is 11.3. The van der Waals surface area contributed by atoms with E-state index in [1.807, 2.05) is 0 Å². The molecule has 0 spiro atoms. The largest absolute Gasteiger partial charge is 0.346 e. The summed E-state index contributed by atoms with van der Waals surface area (Å²) < 4.78 is 26.3. The van der Waals surface area contributed by atoms with Crippen LogP contribution in [0.15, 0.2) is 52.1 Å². The molecule has 1 heterocycles. The molecule has 1 aliphatic carbocycles. The maximum atomic E-state index is 13.0. The van der Waals surface area contributed by atoms with Gasteiger partial charge in [0.1, 0.15) is 9.46 Å². The van der Waals surface area contributed by atoms with Crippen molar-refractivity contribution in [1.82, 2.24) is 10.6 Å². The fraction of sp³-hybridized carbons (Fsp3) is 0.368. The van der Waals surface area contributed by atoms with Crippen LogP contribution in [0, 0.1) is 0 Å². The van der Waals surface area contributed by atoms with E-state index in [0.717, 1.165) is 37.0 Å². The fourth-order valence-electron chi connectivity index (χ4n) is 3.23. The maximum absolute atomic E-state index is 13.0. The smallest absolute Gasteiger partial charge is 0.309 e. The van der Waals surface area contributed by atoms with Crippen molar-refractivity contribution in [2.45, 2.75) is 41.2 Å². The molecule has 1 fully saturated rings. The van der Waals surface area contributed by atoms with Gasteiger partial charge in [0.2, 0.25) is 0 Å². The molecular formula is C19H22N2O4S2. The molecule has 6 nitrogen and oxygen atoms in total. The average molecular weight is 407 g/mol. The Kier molecular flexibility index (Phi) is 6.28. The van der Waals surface area contributed by atoms with Crippen molar-refractivity contribution in [3.8, 4) is 0 Å². The lowest BCUT2D eigenvalue weighted by atomic mass is 10.1. The number of nitrogens with one attached hydrogen (secondary N) is 2. The molecule has 0 radical (unpaired) electrons. The number of sulfone groups is 1. The highest BCUT2D eigenvalue weighted by molar-refractivity contribution is 7.93. The molecule has 2 N–H and O–H groups in total. The van der Waals surface area contributed by atoms with E-state index in [-0.39, 0.29) is 16.8 Å². The van der Waals surface area contributed by atoms with Crippen molar-refractivity contribution in [2.24, 2.45) is 0 Å². The second-order valence-electron chi connectivity index (χ2n) is 6.54. The number of hydrogen-bond acceptors (Lipinski definition) is 5. The Morgan fingerprint density at radius 2 is 1.74 bits per heavy atom. The van der Waals surface area contributed by atoms with Crippen molar-refractivity contribution in [3.05, 3.63) is 53.4 Å². The highest BCUT2D eigenvalue weighted by Crippen LogP contribution is 2.31. The van der Waals surface area contributed by atoms with E-state index in [1.54, 1.807) is 47.8 Å². The van der Waals surface area contributed by atoms with Crippen molar-refractivity contribution < 1.29 is 18.0 Å². The molecule has 0 aliphatic heterocycles. The summed E-state index contributed by atoms with van der Waals surface area (Å²) in [6.45, 7) is -0.166. The molecule has 1 saturated carbocycles. The Bertz CT molecular complexity index is 874. The van der Waals surface area contributed by atoms with Gasteiger partial charge in [-0.25, -0.2) is 8.42 Å². The molecule has 0 unspecified atom stereocenters. The minimum atomic E-state index is -3.68. The van der Waals surface area contributed by atoms with Gasteiger partial charge in [0.15, 0.2) is 9.84 Å². The molecule has 2 amide bonds. The van der Waals surface area contributed by atoms with Crippen LogP contribution in [0.3, 0.4) is 0 Å². The van der Waals surface area contributed by atoms with Gasteiger partial charge < -0.3 is 10.6 Å². The Morgan fingerprint density at radius 1 is 1.04 bits per heavy atom. The Morgan fingerprint density at radius 3 is 2.37 bits per heavy atom. The maximum Gasteiger partial charge on any atom is 0.309 e. The number of thiophene rings is 1. The molecule has 1 aliphatic rings. The number of rotatable bonds is 6. The van der Waals surface area contributed by atoms with Crippen molar-refractivity contribution in [2.75, 3.05) is 6.54 Å². The van der Waals surface area contributed by atoms with Crippen LogP contribution in [-0.4, -0.2) is 32.8 Å². The number of carbonyl (C=O) groups is 2. The third-order valence-corrected chi connectivity index (χ3v) is 8.20. The molecule has 144 valence electrons. The van der Waals surface area contributed by atoms with Crippen molar-refractivity contribution in [1.29, 1.82) is 0 Å². The molecule has 2 aromatic rings. The highest BCUT2D eigenvalue weighted by Gasteiger charge is 2.31. The Hall–Kier alpha value is -2.19. The average Bonchev–Trinajstić information content (AvgIpc) is 3.36. The van der Waals surface area contributed by atoms with Crippen molar-refractivity contribution >= 4 is 33.0 Å².